The molecule has 0 atom stereocenters. The molecule has 0 aliphatic heterocycles. The lowest BCUT2D eigenvalue weighted by Gasteiger charge is -1.93. The lowest BCUT2D eigenvalue weighted by molar-refractivity contribution is 0.330. The molecule has 0 bridgehead atoms. The molecule has 0 aromatic heterocycles. The lowest BCUT2D eigenvalue weighted by atomic mass is 10.2. The van der Waals surface area contributed by atoms with Gasteiger partial charge < -0.3 is 5.11 Å². The van der Waals surface area contributed by atoms with E-state index in [-0.39, 0.29) is 6.61 Å². The Labute approximate surface area is 50.0 Å². The minimum absolute atomic E-state index is 0.0655. The van der Waals surface area contributed by atoms with Crippen molar-refractivity contribution in [3.05, 3.63) is 11.1 Å². The number of hydrogen-bond acceptors (Lipinski definition) is 1. The molecule has 0 rings (SSSR count). The molecule has 0 heterocycles. The number of hydrogen-bond donors (Lipinski definition) is 1. The fourth-order valence-corrected chi connectivity index (χ4v) is 0.242. The predicted octanol–water partition coefficient (Wildman–Crippen LogP) is 0.948. The second-order valence-electron chi connectivity index (χ2n) is 1.71. The molecule has 1 nitrogen and oxygen atoms in total. The van der Waals surface area contributed by atoms with E-state index in [1.54, 1.807) is 0 Å². The molecule has 0 spiro atoms. The van der Waals surface area contributed by atoms with Crippen LogP contribution < -0.4 is 0 Å². The van der Waals surface area contributed by atoms with Crippen LogP contribution in [0.25, 0.3) is 0 Å². The van der Waals surface area contributed by atoms with E-state index in [1.165, 1.54) is 0 Å². The Balaban J connectivity index is 4.10. The summed E-state index contributed by atoms with van der Waals surface area (Å²) in [5, 5.41) is 8.48. The highest BCUT2D eigenvalue weighted by atomic mass is 16.3. The maximum Gasteiger partial charge on any atom is 0.0650 e. The Hall–Kier alpha value is -0.740. The Bertz CT molecular complexity index is 137. The van der Waals surface area contributed by atoms with Crippen molar-refractivity contribution in [1.82, 2.24) is 0 Å². The van der Waals surface area contributed by atoms with E-state index >= 15 is 0 Å². The number of rotatable bonds is 1. The normalized spacial score (nSPS) is 12.2. The Morgan fingerprint density at radius 1 is 1.62 bits per heavy atom. The molecular formula is C7H10O. The zero-order valence-corrected chi connectivity index (χ0v) is 5.23. The van der Waals surface area contributed by atoms with E-state index in [9.17, 15) is 0 Å². The van der Waals surface area contributed by atoms with Gasteiger partial charge in [0, 0.05) is 0 Å². The average Bonchev–Trinajstić information content (AvgIpc) is 1.84. The van der Waals surface area contributed by atoms with Crippen LogP contribution in [0.15, 0.2) is 11.1 Å². The first-order valence-electron chi connectivity index (χ1n) is 2.46. The van der Waals surface area contributed by atoms with E-state index in [0.29, 0.717) is 0 Å². The zero-order chi connectivity index (χ0) is 6.57. The van der Waals surface area contributed by atoms with Gasteiger partial charge in [-0.1, -0.05) is 5.92 Å². The van der Waals surface area contributed by atoms with Gasteiger partial charge >= 0.3 is 0 Å². The number of aliphatic hydroxyl groups excluding tert-OH is 1. The number of terminal acetylenes is 1. The highest BCUT2D eigenvalue weighted by molar-refractivity contribution is 5.27. The molecule has 0 radical (unpaired) electrons. The van der Waals surface area contributed by atoms with E-state index in [4.69, 9.17) is 11.5 Å². The van der Waals surface area contributed by atoms with Crippen LogP contribution in [0.4, 0.5) is 0 Å². The number of aliphatic hydroxyl groups is 1. The predicted molar refractivity (Wildman–Crippen MR) is 34.3 cm³/mol. The summed E-state index contributed by atoms with van der Waals surface area (Å²) in [5.74, 6) is 2.44. The van der Waals surface area contributed by atoms with Gasteiger partial charge in [0.15, 0.2) is 0 Å². The SMILES string of the molecule is C#C/C(C)=C(/C)CO. The Morgan fingerprint density at radius 3 is 2.25 bits per heavy atom. The summed E-state index contributed by atoms with van der Waals surface area (Å²) in [4.78, 5) is 0. The zero-order valence-electron chi connectivity index (χ0n) is 5.23. The molecular weight excluding hydrogens is 100 g/mol. The largest absolute Gasteiger partial charge is 0.392 e. The fraction of sp³-hybridized carbons (Fsp3) is 0.429. The smallest absolute Gasteiger partial charge is 0.0650 e. The van der Waals surface area contributed by atoms with Crippen LogP contribution in [0.5, 0.6) is 0 Å². The Morgan fingerprint density at radius 2 is 2.12 bits per heavy atom. The second-order valence-corrected chi connectivity index (χ2v) is 1.71. The molecule has 0 saturated carbocycles. The van der Waals surface area contributed by atoms with Gasteiger partial charge in [-0.05, 0) is 25.0 Å². The summed E-state index contributed by atoms with van der Waals surface area (Å²) in [6.07, 6.45) is 5.03. The third-order valence-electron chi connectivity index (χ3n) is 1.09. The molecule has 0 aliphatic carbocycles. The summed E-state index contributed by atoms with van der Waals surface area (Å²) >= 11 is 0. The topological polar surface area (TPSA) is 20.2 Å². The number of allylic oxidation sites excluding steroid dienone is 1. The molecule has 1 N–H and O–H groups in total. The van der Waals surface area contributed by atoms with Gasteiger partial charge in [0.2, 0.25) is 0 Å². The van der Waals surface area contributed by atoms with Crippen molar-refractivity contribution in [2.24, 2.45) is 0 Å². The highest BCUT2D eigenvalue weighted by Crippen LogP contribution is 1.98. The maximum atomic E-state index is 8.48. The van der Waals surface area contributed by atoms with E-state index in [0.717, 1.165) is 11.1 Å². The van der Waals surface area contributed by atoms with Crippen molar-refractivity contribution in [1.29, 1.82) is 0 Å². The van der Waals surface area contributed by atoms with E-state index < -0.39 is 0 Å². The van der Waals surface area contributed by atoms with Gasteiger partial charge in [-0.3, -0.25) is 0 Å². The summed E-state index contributed by atoms with van der Waals surface area (Å²) < 4.78 is 0. The van der Waals surface area contributed by atoms with Gasteiger partial charge in [-0.25, -0.2) is 0 Å². The quantitative estimate of drug-likeness (QED) is 0.498. The molecule has 0 aliphatic rings. The van der Waals surface area contributed by atoms with Crippen LogP contribution in [0.1, 0.15) is 13.8 Å². The molecule has 1 heteroatoms. The van der Waals surface area contributed by atoms with Gasteiger partial charge in [0.25, 0.3) is 0 Å². The Kier molecular flexibility index (Phi) is 2.98. The standard InChI is InChI=1S/C7H10O/c1-4-6(2)7(3)5-8/h1,8H,5H2,2-3H3/b7-6-. The highest BCUT2D eigenvalue weighted by Gasteiger charge is 1.87. The monoisotopic (exact) mass is 110 g/mol. The lowest BCUT2D eigenvalue weighted by Crippen LogP contribution is -1.86. The maximum absolute atomic E-state index is 8.48. The van der Waals surface area contributed by atoms with Crippen LogP contribution >= 0.6 is 0 Å². The first-order chi connectivity index (χ1) is 3.72. The summed E-state index contributed by atoms with van der Waals surface area (Å²) in [7, 11) is 0. The van der Waals surface area contributed by atoms with Gasteiger partial charge in [-0.2, -0.15) is 0 Å². The van der Waals surface area contributed by atoms with Crippen LogP contribution in [-0.4, -0.2) is 11.7 Å². The van der Waals surface area contributed by atoms with Gasteiger partial charge in [0.05, 0.1) is 6.61 Å². The minimum atomic E-state index is 0.0655. The molecule has 0 amide bonds. The van der Waals surface area contributed by atoms with Crippen LogP contribution in [0.3, 0.4) is 0 Å². The molecule has 44 valence electrons. The van der Waals surface area contributed by atoms with Crippen LogP contribution in [0.2, 0.25) is 0 Å². The van der Waals surface area contributed by atoms with Crippen molar-refractivity contribution in [2.45, 2.75) is 13.8 Å². The van der Waals surface area contributed by atoms with E-state index in [1.807, 2.05) is 13.8 Å². The van der Waals surface area contributed by atoms with E-state index in [2.05, 4.69) is 5.92 Å². The second kappa shape index (κ2) is 3.29. The van der Waals surface area contributed by atoms with Crippen molar-refractivity contribution in [3.8, 4) is 12.3 Å². The first kappa shape index (κ1) is 7.26. The van der Waals surface area contributed by atoms with Crippen molar-refractivity contribution >= 4 is 0 Å². The molecule has 0 saturated heterocycles. The third-order valence-corrected chi connectivity index (χ3v) is 1.09. The average molecular weight is 110 g/mol. The third kappa shape index (κ3) is 1.81. The molecule has 0 fully saturated rings. The van der Waals surface area contributed by atoms with Crippen LogP contribution in [0, 0.1) is 12.3 Å². The van der Waals surface area contributed by atoms with Crippen molar-refractivity contribution in [2.75, 3.05) is 6.61 Å². The molecule has 0 aromatic carbocycles. The summed E-state index contributed by atoms with van der Waals surface area (Å²) in [6.45, 7) is 3.69. The summed E-state index contributed by atoms with van der Waals surface area (Å²) in [6, 6.07) is 0. The first-order valence-corrected chi connectivity index (χ1v) is 2.46. The molecule has 0 aromatic rings. The van der Waals surface area contributed by atoms with Crippen molar-refractivity contribution < 1.29 is 5.11 Å². The molecule has 0 unspecified atom stereocenters. The van der Waals surface area contributed by atoms with Crippen LogP contribution in [-0.2, 0) is 0 Å². The van der Waals surface area contributed by atoms with Crippen molar-refractivity contribution in [3.63, 3.8) is 0 Å². The summed E-state index contributed by atoms with van der Waals surface area (Å²) in [5.41, 5.74) is 1.69. The van der Waals surface area contributed by atoms with Gasteiger partial charge in [-0.15, -0.1) is 6.42 Å². The fourth-order valence-electron chi connectivity index (χ4n) is 0.242. The molecule has 8 heavy (non-hydrogen) atoms. The minimum Gasteiger partial charge on any atom is -0.392 e. The van der Waals surface area contributed by atoms with Gasteiger partial charge in [0.1, 0.15) is 0 Å².